The van der Waals surface area contributed by atoms with Crippen LogP contribution in [0.15, 0.2) is 53.7 Å². The summed E-state index contributed by atoms with van der Waals surface area (Å²) in [6.45, 7) is 1.93. The molecule has 6 rings (SSSR count). The minimum atomic E-state index is -0.249. The largest absolute Gasteiger partial charge is 0.325 e. The molecule has 168 valence electrons. The summed E-state index contributed by atoms with van der Waals surface area (Å²) in [5.41, 5.74) is 3.04. The highest BCUT2D eigenvalue weighted by Gasteiger charge is 2.37. The number of nitrogens with zero attached hydrogens (tertiary/aromatic N) is 4. The van der Waals surface area contributed by atoms with E-state index in [4.69, 9.17) is 4.98 Å². The van der Waals surface area contributed by atoms with E-state index in [1.165, 1.54) is 47.7 Å². The molecule has 0 aliphatic heterocycles. The highest BCUT2D eigenvalue weighted by molar-refractivity contribution is 8.00. The number of rotatable bonds is 8. The molecule has 0 bridgehead atoms. The monoisotopic (exact) mass is 475 g/mol. The van der Waals surface area contributed by atoms with E-state index in [2.05, 4.69) is 38.3 Å². The zero-order valence-corrected chi connectivity index (χ0v) is 20.0. The molecule has 1 atom stereocenters. The lowest BCUT2D eigenvalue weighted by Crippen LogP contribution is -2.23. The van der Waals surface area contributed by atoms with Crippen LogP contribution in [0.25, 0.3) is 10.2 Å². The summed E-state index contributed by atoms with van der Waals surface area (Å²) < 4.78 is 3.51. The van der Waals surface area contributed by atoms with Crippen molar-refractivity contribution in [3.63, 3.8) is 0 Å². The Balaban J connectivity index is 1.08. The van der Waals surface area contributed by atoms with Gasteiger partial charge >= 0.3 is 0 Å². The zero-order valence-electron chi connectivity index (χ0n) is 18.4. The van der Waals surface area contributed by atoms with Crippen molar-refractivity contribution in [1.82, 2.24) is 19.7 Å². The number of carbonyl (C=O) groups is 1. The van der Waals surface area contributed by atoms with Gasteiger partial charge in [0.25, 0.3) is 0 Å². The van der Waals surface area contributed by atoms with Crippen LogP contribution in [0.5, 0.6) is 0 Å². The SMILES string of the molecule is CC(Sc1nnc(C2CC2)n1C1CC1)C(=O)Nc1ccc(Cc2nc3ccccc3s2)cc1. The van der Waals surface area contributed by atoms with Gasteiger partial charge in [-0.1, -0.05) is 36.0 Å². The van der Waals surface area contributed by atoms with Crippen LogP contribution in [-0.4, -0.2) is 30.9 Å². The maximum Gasteiger partial charge on any atom is 0.237 e. The fourth-order valence-electron chi connectivity index (χ4n) is 4.00. The van der Waals surface area contributed by atoms with Crippen molar-refractivity contribution in [2.45, 2.75) is 61.4 Å². The van der Waals surface area contributed by atoms with Crippen molar-refractivity contribution >= 4 is 44.9 Å². The lowest BCUT2D eigenvalue weighted by Gasteiger charge is -2.13. The summed E-state index contributed by atoms with van der Waals surface area (Å²) in [6.07, 6.45) is 5.59. The number of thiazole rings is 1. The third-order valence-corrected chi connectivity index (χ3v) is 8.21. The Labute approximate surface area is 200 Å². The predicted octanol–water partition coefficient (Wildman–Crippen LogP) is 5.81. The van der Waals surface area contributed by atoms with E-state index in [-0.39, 0.29) is 11.2 Å². The first-order valence-corrected chi connectivity index (χ1v) is 13.2. The van der Waals surface area contributed by atoms with E-state index in [9.17, 15) is 4.79 Å². The lowest BCUT2D eigenvalue weighted by atomic mass is 10.1. The van der Waals surface area contributed by atoms with Crippen LogP contribution in [0, 0.1) is 0 Å². The molecule has 2 saturated carbocycles. The molecule has 2 heterocycles. The summed E-state index contributed by atoms with van der Waals surface area (Å²) in [5, 5.41) is 13.7. The fraction of sp³-hybridized carbons (Fsp3) is 0.360. The molecule has 2 aromatic heterocycles. The van der Waals surface area contributed by atoms with E-state index < -0.39 is 0 Å². The maximum atomic E-state index is 12.8. The third-order valence-electron chi connectivity index (χ3n) is 6.11. The van der Waals surface area contributed by atoms with Crippen LogP contribution in [0.3, 0.4) is 0 Å². The number of nitrogens with one attached hydrogen (secondary N) is 1. The first kappa shape index (κ1) is 20.9. The molecule has 1 N–H and O–H groups in total. The quantitative estimate of drug-likeness (QED) is 0.326. The van der Waals surface area contributed by atoms with Gasteiger partial charge in [-0.05, 0) is 62.4 Å². The van der Waals surface area contributed by atoms with Crippen molar-refractivity contribution in [1.29, 1.82) is 0 Å². The van der Waals surface area contributed by atoms with Gasteiger partial charge in [-0.2, -0.15) is 0 Å². The van der Waals surface area contributed by atoms with Gasteiger partial charge in [0.2, 0.25) is 5.91 Å². The van der Waals surface area contributed by atoms with Gasteiger partial charge in [-0.25, -0.2) is 4.98 Å². The molecule has 1 amide bonds. The Morgan fingerprint density at radius 1 is 1.12 bits per heavy atom. The van der Waals surface area contributed by atoms with Crippen LogP contribution in [0.1, 0.15) is 61.0 Å². The Morgan fingerprint density at radius 3 is 2.64 bits per heavy atom. The summed E-state index contributed by atoms with van der Waals surface area (Å²) >= 11 is 3.24. The molecule has 0 radical (unpaired) electrons. The molecule has 2 aliphatic carbocycles. The Bertz CT molecular complexity index is 1270. The number of hydrogen-bond acceptors (Lipinski definition) is 6. The van der Waals surface area contributed by atoms with Crippen LogP contribution in [-0.2, 0) is 11.2 Å². The first-order valence-electron chi connectivity index (χ1n) is 11.5. The van der Waals surface area contributed by atoms with Crippen molar-refractivity contribution < 1.29 is 4.79 Å². The van der Waals surface area contributed by atoms with Gasteiger partial charge in [0.05, 0.1) is 20.5 Å². The van der Waals surface area contributed by atoms with E-state index >= 15 is 0 Å². The number of thioether (sulfide) groups is 1. The van der Waals surface area contributed by atoms with E-state index in [1.807, 2.05) is 37.3 Å². The number of hydrogen-bond donors (Lipinski definition) is 1. The molecular weight excluding hydrogens is 450 g/mol. The molecule has 1 unspecified atom stereocenters. The Morgan fingerprint density at radius 2 is 1.91 bits per heavy atom. The van der Waals surface area contributed by atoms with E-state index in [1.54, 1.807) is 11.3 Å². The smallest absolute Gasteiger partial charge is 0.237 e. The number of aromatic nitrogens is 4. The molecule has 2 fully saturated rings. The summed E-state index contributed by atoms with van der Waals surface area (Å²) in [7, 11) is 0. The molecule has 0 saturated heterocycles. The number of benzene rings is 2. The van der Waals surface area contributed by atoms with Crippen molar-refractivity contribution in [3.8, 4) is 0 Å². The van der Waals surface area contributed by atoms with Gasteiger partial charge < -0.3 is 9.88 Å². The lowest BCUT2D eigenvalue weighted by molar-refractivity contribution is -0.115. The molecule has 6 nitrogen and oxygen atoms in total. The predicted molar refractivity (Wildman–Crippen MR) is 133 cm³/mol. The average Bonchev–Trinajstić information content (AvgIpc) is 3.75. The highest BCUT2D eigenvalue weighted by Crippen LogP contribution is 2.46. The second kappa shape index (κ2) is 8.57. The number of anilines is 1. The van der Waals surface area contributed by atoms with Crippen molar-refractivity contribution in [2.24, 2.45) is 0 Å². The first-order chi connectivity index (χ1) is 16.1. The minimum absolute atomic E-state index is 0.0164. The Kier molecular flexibility index (Phi) is 5.42. The number of fused-ring (bicyclic) bond motifs is 1. The summed E-state index contributed by atoms with van der Waals surface area (Å²) in [6, 6.07) is 16.8. The molecule has 4 aromatic rings. The molecule has 2 aromatic carbocycles. The molecule has 33 heavy (non-hydrogen) atoms. The number of carbonyl (C=O) groups excluding carboxylic acids is 1. The van der Waals surface area contributed by atoms with Crippen LogP contribution in [0.4, 0.5) is 5.69 Å². The van der Waals surface area contributed by atoms with Crippen LogP contribution in [0.2, 0.25) is 0 Å². The molecular formula is C25H25N5OS2. The topological polar surface area (TPSA) is 72.7 Å². The standard InChI is InChI=1S/C25H25N5OS2/c1-15(32-25-29-28-23(17-8-9-17)30(25)19-12-13-19)24(31)26-18-10-6-16(7-11-18)14-22-27-20-4-2-3-5-21(20)33-22/h2-7,10-11,15,17,19H,8-9,12-14H2,1H3,(H,26,31). The van der Waals surface area contributed by atoms with Gasteiger partial charge in [0, 0.05) is 24.1 Å². The highest BCUT2D eigenvalue weighted by atomic mass is 32.2. The Hall–Kier alpha value is -2.71. The molecule has 2 aliphatic rings. The zero-order chi connectivity index (χ0) is 22.4. The van der Waals surface area contributed by atoms with Gasteiger partial charge in [0.15, 0.2) is 5.16 Å². The second-order valence-corrected chi connectivity index (χ2v) is 11.3. The van der Waals surface area contributed by atoms with Crippen molar-refractivity contribution in [2.75, 3.05) is 5.32 Å². The molecule has 0 spiro atoms. The van der Waals surface area contributed by atoms with Gasteiger partial charge in [-0.3, -0.25) is 4.79 Å². The number of para-hydroxylation sites is 1. The van der Waals surface area contributed by atoms with Crippen LogP contribution >= 0.6 is 23.1 Å². The normalized spacial score (nSPS) is 16.8. The van der Waals surface area contributed by atoms with Gasteiger partial charge in [0.1, 0.15) is 5.82 Å². The number of amides is 1. The average molecular weight is 476 g/mol. The minimum Gasteiger partial charge on any atom is -0.325 e. The molecule has 8 heteroatoms. The van der Waals surface area contributed by atoms with Gasteiger partial charge in [-0.15, -0.1) is 21.5 Å². The summed E-state index contributed by atoms with van der Waals surface area (Å²) in [4.78, 5) is 17.6. The van der Waals surface area contributed by atoms with Crippen molar-refractivity contribution in [3.05, 3.63) is 64.9 Å². The van der Waals surface area contributed by atoms with E-state index in [0.29, 0.717) is 12.0 Å². The summed E-state index contributed by atoms with van der Waals surface area (Å²) in [5.74, 6) is 1.67. The van der Waals surface area contributed by atoms with Crippen LogP contribution < -0.4 is 5.32 Å². The maximum absolute atomic E-state index is 12.8. The fourth-order valence-corrected chi connectivity index (χ4v) is 5.92. The van der Waals surface area contributed by atoms with E-state index in [0.717, 1.165) is 33.6 Å². The second-order valence-electron chi connectivity index (χ2n) is 8.91. The third kappa shape index (κ3) is 4.54.